The van der Waals surface area contributed by atoms with Gasteiger partial charge in [-0.3, -0.25) is 4.79 Å². The van der Waals surface area contributed by atoms with Gasteiger partial charge in [-0.2, -0.15) is 0 Å². The molecular weight excluding hydrogens is 116 g/mol. The molecule has 0 spiro atoms. The van der Waals surface area contributed by atoms with Gasteiger partial charge in [-0.25, -0.2) is 0 Å². The predicted molar refractivity (Wildman–Crippen MR) is 32.6 cm³/mol. The highest BCUT2D eigenvalue weighted by Gasteiger charge is 2.45. The third-order valence-corrected chi connectivity index (χ3v) is 2.13. The molecule has 2 atom stereocenters. The summed E-state index contributed by atoms with van der Waals surface area (Å²) in [5, 5.41) is 2.79. The van der Waals surface area contributed by atoms with Gasteiger partial charge in [-0.05, 0) is 18.8 Å². The van der Waals surface area contributed by atoms with Gasteiger partial charge in [0.05, 0.1) is 6.04 Å². The van der Waals surface area contributed by atoms with Crippen LogP contribution in [0.4, 0.5) is 0 Å². The van der Waals surface area contributed by atoms with Gasteiger partial charge in [0.25, 0.3) is 0 Å². The fraction of sp³-hybridized carbons (Fsp3) is 0.833. The Bertz CT molecular complexity index is 153. The SMILES string of the molecule is NC1C(=O)NC1C1CC1. The lowest BCUT2D eigenvalue weighted by atomic mass is 9.96. The lowest BCUT2D eigenvalue weighted by Gasteiger charge is -2.33. The van der Waals surface area contributed by atoms with Crippen LogP contribution in [0.15, 0.2) is 0 Å². The molecule has 3 heteroatoms. The molecule has 0 aromatic carbocycles. The van der Waals surface area contributed by atoms with E-state index in [2.05, 4.69) is 5.32 Å². The van der Waals surface area contributed by atoms with Crippen LogP contribution in [0.25, 0.3) is 0 Å². The van der Waals surface area contributed by atoms with E-state index in [1.807, 2.05) is 0 Å². The molecule has 2 unspecified atom stereocenters. The van der Waals surface area contributed by atoms with Crippen molar-refractivity contribution in [1.82, 2.24) is 5.32 Å². The standard InChI is InChI=1S/C6H10N2O/c7-4-5(3-1-2-3)8-6(4)9/h3-5H,1-2,7H2,(H,8,9). The van der Waals surface area contributed by atoms with Crippen molar-refractivity contribution in [1.29, 1.82) is 0 Å². The Morgan fingerprint density at radius 2 is 2.22 bits per heavy atom. The average Bonchev–Trinajstić information content (AvgIpc) is 2.63. The van der Waals surface area contributed by atoms with Crippen molar-refractivity contribution < 1.29 is 4.79 Å². The van der Waals surface area contributed by atoms with Gasteiger partial charge in [0.2, 0.25) is 5.91 Å². The number of carbonyl (C=O) groups is 1. The molecule has 2 aliphatic rings. The van der Waals surface area contributed by atoms with Crippen molar-refractivity contribution in [3.05, 3.63) is 0 Å². The van der Waals surface area contributed by atoms with Crippen molar-refractivity contribution in [2.75, 3.05) is 0 Å². The van der Waals surface area contributed by atoms with E-state index in [-0.39, 0.29) is 11.9 Å². The van der Waals surface area contributed by atoms with Gasteiger partial charge >= 0.3 is 0 Å². The van der Waals surface area contributed by atoms with Crippen molar-refractivity contribution in [3.63, 3.8) is 0 Å². The van der Waals surface area contributed by atoms with E-state index in [1.54, 1.807) is 0 Å². The second kappa shape index (κ2) is 1.48. The summed E-state index contributed by atoms with van der Waals surface area (Å²) >= 11 is 0. The van der Waals surface area contributed by atoms with E-state index < -0.39 is 0 Å². The molecule has 1 amide bonds. The maximum Gasteiger partial charge on any atom is 0.239 e. The summed E-state index contributed by atoms with van der Waals surface area (Å²) in [6.07, 6.45) is 2.50. The fourth-order valence-corrected chi connectivity index (χ4v) is 1.28. The highest BCUT2D eigenvalue weighted by Crippen LogP contribution is 2.36. The molecule has 1 saturated heterocycles. The predicted octanol–water partition coefficient (Wildman–Crippen LogP) is -0.778. The first-order valence-electron chi connectivity index (χ1n) is 3.35. The molecule has 0 aromatic rings. The molecule has 3 nitrogen and oxygen atoms in total. The summed E-state index contributed by atoms with van der Waals surface area (Å²) in [6.45, 7) is 0. The molecule has 1 heterocycles. The maximum atomic E-state index is 10.5. The largest absolute Gasteiger partial charge is 0.350 e. The molecule has 50 valence electrons. The number of hydrogen-bond donors (Lipinski definition) is 2. The molecular formula is C6H10N2O. The van der Waals surface area contributed by atoms with Crippen LogP contribution >= 0.6 is 0 Å². The molecule has 0 radical (unpaired) electrons. The van der Waals surface area contributed by atoms with E-state index in [0.717, 1.165) is 0 Å². The zero-order chi connectivity index (χ0) is 6.43. The van der Waals surface area contributed by atoms with Gasteiger partial charge in [-0.1, -0.05) is 0 Å². The molecule has 2 rings (SSSR count). The minimum Gasteiger partial charge on any atom is -0.350 e. The highest BCUT2D eigenvalue weighted by molar-refractivity contribution is 5.89. The summed E-state index contributed by atoms with van der Waals surface area (Å²) < 4.78 is 0. The zero-order valence-electron chi connectivity index (χ0n) is 5.13. The Balaban J connectivity index is 1.95. The van der Waals surface area contributed by atoms with Crippen LogP contribution in [0.5, 0.6) is 0 Å². The molecule has 2 fully saturated rings. The molecule has 0 aromatic heterocycles. The third kappa shape index (κ3) is 0.645. The maximum absolute atomic E-state index is 10.5. The third-order valence-electron chi connectivity index (χ3n) is 2.13. The average molecular weight is 126 g/mol. The molecule has 3 N–H and O–H groups in total. The Morgan fingerprint density at radius 3 is 2.56 bits per heavy atom. The van der Waals surface area contributed by atoms with Crippen molar-refractivity contribution in [2.45, 2.75) is 24.9 Å². The number of β-lactam (4-membered cyclic amide) rings is 1. The van der Waals surface area contributed by atoms with Crippen LogP contribution < -0.4 is 11.1 Å². The van der Waals surface area contributed by atoms with Crippen LogP contribution in [0.2, 0.25) is 0 Å². The van der Waals surface area contributed by atoms with Crippen LogP contribution in [0, 0.1) is 5.92 Å². The van der Waals surface area contributed by atoms with Crippen LogP contribution in [0.1, 0.15) is 12.8 Å². The molecule has 9 heavy (non-hydrogen) atoms. The van der Waals surface area contributed by atoms with E-state index in [9.17, 15) is 4.79 Å². The van der Waals surface area contributed by atoms with Gasteiger partial charge in [0.15, 0.2) is 0 Å². The fourth-order valence-electron chi connectivity index (χ4n) is 1.28. The first-order valence-corrected chi connectivity index (χ1v) is 3.35. The molecule has 1 aliphatic heterocycles. The van der Waals surface area contributed by atoms with E-state index in [1.165, 1.54) is 12.8 Å². The molecule has 0 bridgehead atoms. The zero-order valence-corrected chi connectivity index (χ0v) is 5.13. The number of hydrogen-bond acceptors (Lipinski definition) is 2. The second-order valence-corrected chi connectivity index (χ2v) is 2.90. The normalized spacial score (nSPS) is 41.7. The summed E-state index contributed by atoms with van der Waals surface area (Å²) in [4.78, 5) is 10.5. The van der Waals surface area contributed by atoms with Gasteiger partial charge in [0, 0.05) is 0 Å². The lowest BCUT2D eigenvalue weighted by Crippen LogP contribution is -2.67. The summed E-state index contributed by atoms with van der Waals surface area (Å²) in [7, 11) is 0. The Kier molecular flexibility index (Phi) is 0.858. The van der Waals surface area contributed by atoms with Crippen LogP contribution in [0.3, 0.4) is 0 Å². The monoisotopic (exact) mass is 126 g/mol. The number of amides is 1. The second-order valence-electron chi connectivity index (χ2n) is 2.90. The summed E-state index contributed by atoms with van der Waals surface area (Å²) in [5.41, 5.74) is 5.50. The topological polar surface area (TPSA) is 55.1 Å². The van der Waals surface area contributed by atoms with E-state index in [4.69, 9.17) is 5.73 Å². The van der Waals surface area contributed by atoms with Gasteiger partial charge < -0.3 is 11.1 Å². The Morgan fingerprint density at radius 1 is 1.56 bits per heavy atom. The summed E-state index contributed by atoms with van der Waals surface area (Å²) in [5.74, 6) is 0.726. The van der Waals surface area contributed by atoms with Crippen molar-refractivity contribution in [2.24, 2.45) is 11.7 Å². The van der Waals surface area contributed by atoms with Crippen LogP contribution in [-0.4, -0.2) is 18.0 Å². The number of rotatable bonds is 1. The Labute approximate surface area is 53.6 Å². The Hall–Kier alpha value is -0.570. The van der Waals surface area contributed by atoms with Gasteiger partial charge in [-0.15, -0.1) is 0 Å². The highest BCUT2D eigenvalue weighted by atomic mass is 16.2. The molecule has 1 aliphatic carbocycles. The van der Waals surface area contributed by atoms with Crippen LogP contribution in [-0.2, 0) is 4.79 Å². The van der Waals surface area contributed by atoms with Gasteiger partial charge in [0.1, 0.15) is 6.04 Å². The van der Waals surface area contributed by atoms with Crippen molar-refractivity contribution in [3.8, 4) is 0 Å². The minimum atomic E-state index is -0.197. The number of carbonyl (C=O) groups excluding carboxylic acids is 1. The lowest BCUT2D eigenvalue weighted by molar-refractivity contribution is -0.130. The smallest absolute Gasteiger partial charge is 0.239 e. The minimum absolute atomic E-state index is 0.0203. The van der Waals surface area contributed by atoms with E-state index >= 15 is 0 Å². The van der Waals surface area contributed by atoms with E-state index in [0.29, 0.717) is 12.0 Å². The number of nitrogens with one attached hydrogen (secondary N) is 1. The number of nitrogens with two attached hydrogens (primary N) is 1. The molecule has 1 saturated carbocycles. The van der Waals surface area contributed by atoms with Crippen molar-refractivity contribution >= 4 is 5.91 Å². The first kappa shape index (κ1) is 5.23. The first-order chi connectivity index (χ1) is 4.29. The summed E-state index contributed by atoms with van der Waals surface area (Å²) in [6, 6.07) is 0.120. The quantitative estimate of drug-likeness (QED) is 0.453.